The Labute approximate surface area is 172 Å². The molecule has 4 rings (SSSR count). The zero-order valence-electron chi connectivity index (χ0n) is 17.1. The number of nitrogen functional groups attached to an aromatic ring is 1. The molecule has 29 heavy (non-hydrogen) atoms. The number of nitrogens with two attached hydrogens (primary N) is 1. The summed E-state index contributed by atoms with van der Waals surface area (Å²) in [5, 5.41) is 0. The highest BCUT2D eigenvalue weighted by molar-refractivity contribution is 5.75. The number of fused-ring (bicyclic) bond motifs is 1. The van der Waals surface area contributed by atoms with Crippen molar-refractivity contribution in [1.29, 1.82) is 0 Å². The fraction of sp³-hybridized carbons (Fsp3) is 0.417. The lowest BCUT2D eigenvalue weighted by Crippen LogP contribution is -2.44. The summed E-state index contributed by atoms with van der Waals surface area (Å²) in [6.07, 6.45) is 4.09. The third-order valence-corrected chi connectivity index (χ3v) is 6.02. The van der Waals surface area contributed by atoms with Crippen molar-refractivity contribution in [1.82, 2.24) is 4.90 Å². The van der Waals surface area contributed by atoms with E-state index in [9.17, 15) is 4.39 Å². The molecule has 0 aliphatic carbocycles. The average Bonchev–Trinajstić information content (AvgIpc) is 2.70. The number of ether oxygens (including phenoxy) is 1. The standard InChI is InChI=1S/C24H30FN3O/c1-17-8-9-19-14-20(25)15-23(26)24(19)28(17)18(2)16-27-12-10-22(11-13-27)29-21-6-4-3-5-7-21/h3-7,14-15,17,22H,2,8-13,16,26H2,1H3. The summed E-state index contributed by atoms with van der Waals surface area (Å²) in [4.78, 5) is 4.65. The number of hydrogen-bond acceptors (Lipinski definition) is 4. The molecule has 2 aromatic rings. The van der Waals surface area contributed by atoms with Crippen LogP contribution in [-0.2, 0) is 6.42 Å². The van der Waals surface area contributed by atoms with Crippen molar-refractivity contribution in [2.45, 2.75) is 44.8 Å². The Kier molecular flexibility index (Phi) is 5.76. The number of aryl methyl sites for hydroxylation is 1. The number of piperidine rings is 1. The Morgan fingerprint density at radius 2 is 1.90 bits per heavy atom. The van der Waals surface area contributed by atoms with Crippen LogP contribution in [0.5, 0.6) is 5.75 Å². The highest BCUT2D eigenvalue weighted by Gasteiger charge is 2.29. The highest BCUT2D eigenvalue weighted by Crippen LogP contribution is 2.38. The van der Waals surface area contributed by atoms with Crippen molar-refractivity contribution in [2.24, 2.45) is 0 Å². The molecule has 1 saturated heterocycles. The van der Waals surface area contributed by atoms with Crippen LogP contribution in [0.4, 0.5) is 15.8 Å². The van der Waals surface area contributed by atoms with Gasteiger partial charge in [0.15, 0.2) is 0 Å². The van der Waals surface area contributed by atoms with Gasteiger partial charge in [0.2, 0.25) is 0 Å². The average molecular weight is 396 g/mol. The van der Waals surface area contributed by atoms with E-state index in [1.54, 1.807) is 6.07 Å². The van der Waals surface area contributed by atoms with E-state index in [4.69, 9.17) is 10.5 Å². The molecule has 0 radical (unpaired) electrons. The van der Waals surface area contributed by atoms with Gasteiger partial charge in [-0.2, -0.15) is 0 Å². The number of anilines is 2. The van der Waals surface area contributed by atoms with E-state index in [1.165, 1.54) is 6.07 Å². The molecule has 2 N–H and O–H groups in total. The quantitative estimate of drug-likeness (QED) is 0.751. The van der Waals surface area contributed by atoms with Crippen LogP contribution < -0.4 is 15.4 Å². The molecule has 154 valence electrons. The van der Waals surface area contributed by atoms with Crippen LogP contribution in [0.2, 0.25) is 0 Å². The van der Waals surface area contributed by atoms with Gasteiger partial charge in [-0.3, -0.25) is 4.90 Å². The summed E-state index contributed by atoms with van der Waals surface area (Å²) < 4.78 is 19.9. The number of para-hydroxylation sites is 1. The monoisotopic (exact) mass is 395 g/mol. The Bertz CT molecular complexity index is 862. The molecule has 1 unspecified atom stereocenters. The van der Waals surface area contributed by atoms with Gasteiger partial charge in [-0.25, -0.2) is 4.39 Å². The molecular weight excluding hydrogens is 365 g/mol. The lowest BCUT2D eigenvalue weighted by molar-refractivity contribution is 0.105. The fourth-order valence-electron chi connectivity index (χ4n) is 4.56. The van der Waals surface area contributed by atoms with Gasteiger partial charge in [0.1, 0.15) is 17.7 Å². The van der Waals surface area contributed by atoms with Crippen molar-refractivity contribution in [3.63, 3.8) is 0 Å². The smallest absolute Gasteiger partial charge is 0.125 e. The topological polar surface area (TPSA) is 41.7 Å². The second-order valence-corrected chi connectivity index (χ2v) is 8.23. The van der Waals surface area contributed by atoms with Crippen molar-refractivity contribution in [2.75, 3.05) is 30.3 Å². The number of halogens is 1. The molecule has 0 spiro atoms. The van der Waals surface area contributed by atoms with Crippen molar-refractivity contribution < 1.29 is 9.13 Å². The van der Waals surface area contributed by atoms with Crippen LogP contribution in [0.25, 0.3) is 0 Å². The minimum Gasteiger partial charge on any atom is -0.490 e. The zero-order chi connectivity index (χ0) is 20.4. The van der Waals surface area contributed by atoms with Crippen LogP contribution in [0.1, 0.15) is 31.7 Å². The first-order valence-electron chi connectivity index (χ1n) is 10.5. The number of hydrogen-bond donors (Lipinski definition) is 1. The summed E-state index contributed by atoms with van der Waals surface area (Å²) in [5.41, 5.74) is 9.66. The molecule has 2 aliphatic rings. The van der Waals surface area contributed by atoms with Crippen LogP contribution in [0, 0.1) is 5.82 Å². The molecule has 0 amide bonds. The van der Waals surface area contributed by atoms with Crippen LogP contribution in [0.3, 0.4) is 0 Å². The number of likely N-dealkylation sites (tertiary alicyclic amines) is 1. The molecule has 1 atom stereocenters. The highest BCUT2D eigenvalue weighted by atomic mass is 19.1. The number of nitrogens with zero attached hydrogens (tertiary/aromatic N) is 2. The molecule has 2 aliphatic heterocycles. The van der Waals surface area contributed by atoms with Gasteiger partial charge < -0.3 is 15.4 Å². The van der Waals surface area contributed by atoms with Gasteiger partial charge in [-0.05, 0) is 62.4 Å². The second-order valence-electron chi connectivity index (χ2n) is 8.23. The summed E-state index contributed by atoms with van der Waals surface area (Å²) in [7, 11) is 0. The zero-order valence-corrected chi connectivity index (χ0v) is 17.1. The Hall–Kier alpha value is -2.53. The fourth-order valence-corrected chi connectivity index (χ4v) is 4.56. The second kappa shape index (κ2) is 8.46. The van der Waals surface area contributed by atoms with Gasteiger partial charge in [0.05, 0.1) is 11.4 Å². The molecule has 0 bridgehead atoms. The molecule has 5 heteroatoms. The maximum absolute atomic E-state index is 13.8. The first kappa shape index (κ1) is 19.8. The minimum absolute atomic E-state index is 0.259. The van der Waals surface area contributed by atoms with Gasteiger partial charge in [-0.1, -0.05) is 24.8 Å². The van der Waals surface area contributed by atoms with E-state index in [2.05, 4.69) is 23.3 Å². The van der Waals surface area contributed by atoms with E-state index in [0.717, 1.165) is 68.0 Å². The Morgan fingerprint density at radius 3 is 2.62 bits per heavy atom. The van der Waals surface area contributed by atoms with E-state index in [-0.39, 0.29) is 11.9 Å². The van der Waals surface area contributed by atoms with Crippen molar-refractivity contribution >= 4 is 11.4 Å². The van der Waals surface area contributed by atoms with Gasteiger partial charge in [-0.15, -0.1) is 0 Å². The summed E-state index contributed by atoms with van der Waals surface area (Å²) in [5.74, 6) is 0.679. The maximum Gasteiger partial charge on any atom is 0.125 e. The predicted molar refractivity (Wildman–Crippen MR) is 117 cm³/mol. The van der Waals surface area contributed by atoms with Crippen molar-refractivity contribution in [3.8, 4) is 5.75 Å². The van der Waals surface area contributed by atoms with E-state index in [1.807, 2.05) is 30.3 Å². The third-order valence-electron chi connectivity index (χ3n) is 6.02. The maximum atomic E-state index is 13.8. The third kappa shape index (κ3) is 4.40. The lowest BCUT2D eigenvalue weighted by atomic mass is 9.94. The molecule has 0 aromatic heterocycles. The summed E-state index contributed by atoms with van der Waals surface area (Å²) in [6, 6.07) is 13.4. The van der Waals surface area contributed by atoms with E-state index < -0.39 is 0 Å². The van der Waals surface area contributed by atoms with Crippen LogP contribution in [0.15, 0.2) is 54.7 Å². The molecule has 2 aromatic carbocycles. The van der Waals surface area contributed by atoms with Crippen LogP contribution >= 0.6 is 0 Å². The number of benzene rings is 2. The summed E-state index contributed by atoms with van der Waals surface area (Å²) in [6.45, 7) is 9.31. The normalized spacial score (nSPS) is 20.3. The van der Waals surface area contributed by atoms with Gasteiger partial charge in [0.25, 0.3) is 0 Å². The SMILES string of the molecule is C=C(CN1CCC(Oc2ccccc2)CC1)N1c2c(N)cc(F)cc2CCC1C. The molecule has 1 fully saturated rings. The molecule has 4 nitrogen and oxygen atoms in total. The molecule has 2 heterocycles. The van der Waals surface area contributed by atoms with Gasteiger partial charge >= 0.3 is 0 Å². The summed E-state index contributed by atoms with van der Waals surface area (Å²) >= 11 is 0. The first-order chi connectivity index (χ1) is 14.0. The Morgan fingerprint density at radius 1 is 1.17 bits per heavy atom. The van der Waals surface area contributed by atoms with E-state index in [0.29, 0.717) is 11.7 Å². The first-order valence-corrected chi connectivity index (χ1v) is 10.5. The Balaban J connectivity index is 1.38. The lowest BCUT2D eigenvalue weighted by Gasteiger charge is -2.41. The van der Waals surface area contributed by atoms with E-state index >= 15 is 0 Å². The van der Waals surface area contributed by atoms with Gasteiger partial charge in [0, 0.05) is 31.4 Å². The minimum atomic E-state index is -0.262. The van der Waals surface area contributed by atoms with Crippen LogP contribution in [-0.4, -0.2) is 36.7 Å². The largest absolute Gasteiger partial charge is 0.490 e. The van der Waals surface area contributed by atoms with Crippen molar-refractivity contribution in [3.05, 3.63) is 66.1 Å². The molecular formula is C24H30FN3O. The number of rotatable bonds is 5. The predicted octanol–water partition coefficient (Wildman–Crippen LogP) is 4.61. The molecule has 0 saturated carbocycles.